The topological polar surface area (TPSA) is 73.1 Å². The predicted molar refractivity (Wildman–Crippen MR) is 41.7 cm³/mol. The van der Waals surface area contributed by atoms with Crippen LogP contribution >= 0.6 is 0 Å². The first-order valence-electron chi connectivity index (χ1n) is 3.55. The molecule has 1 rings (SSSR count). The Morgan fingerprint density at radius 3 is 2.54 bits per heavy atom. The molecule has 0 spiro atoms. The van der Waals surface area contributed by atoms with Gasteiger partial charge in [-0.3, -0.25) is 0 Å². The maximum atomic E-state index is 10.0. The fraction of sp³-hybridized carbons (Fsp3) is 0.111. The second-order valence-electron chi connectivity index (χ2n) is 2.30. The van der Waals surface area contributed by atoms with Crippen molar-refractivity contribution in [2.24, 2.45) is 0 Å². The molecule has 1 aromatic carbocycles. The van der Waals surface area contributed by atoms with Crippen LogP contribution in [0.1, 0.15) is 5.56 Å². The molecule has 1 aromatic rings. The molecule has 0 saturated carbocycles. The van der Waals surface area contributed by atoms with E-state index in [2.05, 4.69) is 0 Å². The summed E-state index contributed by atoms with van der Waals surface area (Å²) in [7, 11) is 0. The van der Waals surface area contributed by atoms with Gasteiger partial charge in [0.15, 0.2) is 0 Å². The van der Waals surface area contributed by atoms with Crippen molar-refractivity contribution in [3.8, 4) is 11.8 Å². The molecule has 0 aliphatic rings. The van der Waals surface area contributed by atoms with Crippen molar-refractivity contribution in [1.29, 1.82) is 5.26 Å². The normalized spacial score (nSPS) is 8.85. The minimum atomic E-state index is -1.27. The zero-order chi connectivity index (χ0) is 9.68. The van der Waals surface area contributed by atoms with Gasteiger partial charge in [-0.2, -0.15) is 5.26 Å². The molecule has 0 unspecified atom stereocenters. The van der Waals surface area contributed by atoms with Gasteiger partial charge in [0.05, 0.1) is 17.6 Å². The molecular weight excluding hydrogens is 170 g/mol. The van der Waals surface area contributed by atoms with E-state index in [-0.39, 0.29) is 0 Å². The van der Waals surface area contributed by atoms with Crippen LogP contribution in [0.25, 0.3) is 0 Å². The van der Waals surface area contributed by atoms with Crippen LogP contribution in [0, 0.1) is 11.3 Å². The van der Waals surface area contributed by atoms with E-state index in [0.29, 0.717) is 11.3 Å². The standard InChI is InChI=1S/C9H7NO3/c10-5-7-1-3-8(4-2-7)13-6-9(11)12/h1-4H,6H2,(H,11,12)/p-1. The molecule has 0 bridgehead atoms. The van der Waals surface area contributed by atoms with Crippen LogP contribution in [0.15, 0.2) is 24.3 Å². The fourth-order valence-corrected chi connectivity index (χ4v) is 0.768. The number of carbonyl (C=O) groups is 1. The van der Waals surface area contributed by atoms with Gasteiger partial charge in [0.1, 0.15) is 12.4 Å². The summed E-state index contributed by atoms with van der Waals surface area (Å²) in [4.78, 5) is 10.0. The van der Waals surface area contributed by atoms with E-state index in [1.165, 1.54) is 12.1 Å². The summed E-state index contributed by atoms with van der Waals surface area (Å²) in [6.07, 6.45) is 0. The fourth-order valence-electron chi connectivity index (χ4n) is 0.768. The van der Waals surface area contributed by atoms with Gasteiger partial charge in [-0.1, -0.05) is 0 Å². The van der Waals surface area contributed by atoms with E-state index in [1.807, 2.05) is 6.07 Å². The Bertz CT molecular complexity index is 337. The molecule has 4 heteroatoms. The molecule has 13 heavy (non-hydrogen) atoms. The van der Waals surface area contributed by atoms with Crippen molar-refractivity contribution < 1.29 is 14.6 Å². The summed E-state index contributed by atoms with van der Waals surface area (Å²) in [5, 5.41) is 18.5. The quantitative estimate of drug-likeness (QED) is 0.633. The molecule has 0 N–H and O–H groups in total. The van der Waals surface area contributed by atoms with E-state index in [1.54, 1.807) is 12.1 Å². The molecule has 0 radical (unpaired) electrons. The van der Waals surface area contributed by atoms with E-state index in [0.717, 1.165) is 0 Å². The molecule has 0 saturated heterocycles. The summed E-state index contributed by atoms with van der Waals surface area (Å²) in [6.45, 7) is -0.480. The van der Waals surface area contributed by atoms with Gasteiger partial charge in [0.25, 0.3) is 0 Å². The number of ether oxygens (including phenoxy) is 1. The number of aliphatic carboxylic acids is 1. The molecule has 0 fully saturated rings. The number of hydrogen-bond acceptors (Lipinski definition) is 4. The van der Waals surface area contributed by atoms with Crippen LogP contribution in [0.4, 0.5) is 0 Å². The highest BCUT2D eigenvalue weighted by Gasteiger charge is 1.93. The third-order valence-electron chi connectivity index (χ3n) is 1.34. The second-order valence-corrected chi connectivity index (χ2v) is 2.30. The first kappa shape index (κ1) is 9.07. The molecule has 66 valence electrons. The lowest BCUT2D eigenvalue weighted by atomic mass is 10.2. The largest absolute Gasteiger partial charge is 0.546 e. The zero-order valence-corrected chi connectivity index (χ0v) is 6.69. The lowest BCUT2D eigenvalue weighted by Crippen LogP contribution is -2.28. The SMILES string of the molecule is N#Cc1ccc(OCC(=O)[O-])cc1. The first-order chi connectivity index (χ1) is 6.22. The lowest BCUT2D eigenvalue weighted by molar-refractivity contribution is -0.307. The minimum absolute atomic E-state index is 0.406. The average Bonchev–Trinajstić information content (AvgIpc) is 2.15. The Kier molecular flexibility index (Phi) is 2.87. The van der Waals surface area contributed by atoms with Gasteiger partial charge in [-0.15, -0.1) is 0 Å². The molecule has 0 atom stereocenters. The van der Waals surface area contributed by atoms with Gasteiger partial charge in [0, 0.05) is 0 Å². The molecular formula is C9H6NO3-. The summed E-state index contributed by atoms with van der Waals surface area (Å²) in [5.74, 6) is -0.868. The van der Waals surface area contributed by atoms with Crippen molar-refractivity contribution in [3.05, 3.63) is 29.8 Å². The van der Waals surface area contributed by atoms with Gasteiger partial charge in [-0.25, -0.2) is 0 Å². The summed E-state index contributed by atoms with van der Waals surface area (Å²) >= 11 is 0. The van der Waals surface area contributed by atoms with Gasteiger partial charge in [-0.05, 0) is 24.3 Å². The lowest BCUT2D eigenvalue weighted by Gasteiger charge is -2.05. The van der Waals surface area contributed by atoms with Crippen LogP contribution in [0.3, 0.4) is 0 Å². The van der Waals surface area contributed by atoms with Crippen LogP contribution < -0.4 is 9.84 Å². The number of nitriles is 1. The highest BCUT2D eigenvalue weighted by molar-refractivity contribution is 5.66. The van der Waals surface area contributed by atoms with Gasteiger partial charge >= 0.3 is 0 Å². The highest BCUT2D eigenvalue weighted by atomic mass is 16.5. The Labute approximate surface area is 75.0 Å². The Balaban J connectivity index is 2.60. The smallest absolute Gasteiger partial charge is 0.128 e. The maximum Gasteiger partial charge on any atom is 0.128 e. The molecule has 4 nitrogen and oxygen atoms in total. The maximum absolute atomic E-state index is 10.0. The summed E-state index contributed by atoms with van der Waals surface area (Å²) in [5.41, 5.74) is 0.501. The summed E-state index contributed by atoms with van der Waals surface area (Å²) < 4.78 is 4.80. The van der Waals surface area contributed by atoms with E-state index < -0.39 is 12.6 Å². The number of rotatable bonds is 3. The molecule has 0 aliphatic heterocycles. The number of nitrogens with zero attached hydrogens (tertiary/aromatic N) is 1. The van der Waals surface area contributed by atoms with Crippen molar-refractivity contribution in [2.45, 2.75) is 0 Å². The Morgan fingerprint density at radius 2 is 2.08 bits per heavy atom. The molecule has 0 aliphatic carbocycles. The third-order valence-corrected chi connectivity index (χ3v) is 1.34. The van der Waals surface area contributed by atoms with Crippen LogP contribution in [0.2, 0.25) is 0 Å². The number of carboxylic acid groups (broad SMARTS) is 1. The van der Waals surface area contributed by atoms with Crippen molar-refractivity contribution >= 4 is 5.97 Å². The molecule has 0 heterocycles. The number of benzene rings is 1. The van der Waals surface area contributed by atoms with Crippen molar-refractivity contribution in [2.75, 3.05) is 6.61 Å². The van der Waals surface area contributed by atoms with Crippen LogP contribution in [0.5, 0.6) is 5.75 Å². The Hall–Kier alpha value is -2.02. The van der Waals surface area contributed by atoms with E-state index in [9.17, 15) is 9.90 Å². The molecule has 0 amide bonds. The zero-order valence-electron chi connectivity index (χ0n) is 6.69. The van der Waals surface area contributed by atoms with Crippen LogP contribution in [-0.4, -0.2) is 12.6 Å². The van der Waals surface area contributed by atoms with Crippen molar-refractivity contribution in [3.63, 3.8) is 0 Å². The minimum Gasteiger partial charge on any atom is -0.546 e. The average molecular weight is 176 g/mol. The second kappa shape index (κ2) is 4.12. The van der Waals surface area contributed by atoms with Gasteiger partial charge < -0.3 is 14.6 Å². The monoisotopic (exact) mass is 176 g/mol. The van der Waals surface area contributed by atoms with Crippen molar-refractivity contribution in [1.82, 2.24) is 0 Å². The number of carbonyl (C=O) groups excluding carboxylic acids is 1. The highest BCUT2D eigenvalue weighted by Crippen LogP contribution is 2.10. The summed E-state index contributed by atoms with van der Waals surface area (Å²) in [6, 6.07) is 8.09. The predicted octanol–water partition coefficient (Wildman–Crippen LogP) is -0.313. The van der Waals surface area contributed by atoms with Gasteiger partial charge in [0.2, 0.25) is 0 Å². The van der Waals surface area contributed by atoms with E-state index in [4.69, 9.17) is 10.00 Å². The number of carboxylic acids is 1. The Morgan fingerprint density at radius 1 is 1.46 bits per heavy atom. The third kappa shape index (κ3) is 2.83. The van der Waals surface area contributed by atoms with Crippen LogP contribution in [-0.2, 0) is 4.79 Å². The molecule has 0 aromatic heterocycles. The first-order valence-corrected chi connectivity index (χ1v) is 3.55. The van der Waals surface area contributed by atoms with E-state index >= 15 is 0 Å². The number of hydrogen-bond donors (Lipinski definition) is 0.